The maximum absolute atomic E-state index is 14.0. The van der Waals surface area contributed by atoms with E-state index in [0.29, 0.717) is 30.1 Å². The number of rotatable bonds is 18. The molecule has 0 saturated carbocycles. The molecule has 0 unspecified atom stereocenters. The van der Waals surface area contributed by atoms with Crippen LogP contribution in [0.3, 0.4) is 0 Å². The highest BCUT2D eigenvalue weighted by molar-refractivity contribution is 5.91. The van der Waals surface area contributed by atoms with E-state index in [-0.39, 0.29) is 6.61 Å². The predicted octanol–water partition coefficient (Wildman–Crippen LogP) is 9.22. The van der Waals surface area contributed by atoms with E-state index in [2.05, 4.69) is 12.8 Å². The molecule has 0 aliphatic carbocycles. The van der Waals surface area contributed by atoms with Gasteiger partial charge in [-0.3, -0.25) is 0 Å². The number of carbonyl (C=O) groups excluding carboxylic acids is 1. The molecule has 3 aromatic rings. The van der Waals surface area contributed by atoms with E-state index in [1.807, 2.05) is 36.4 Å². The molecule has 0 saturated heterocycles. The highest BCUT2D eigenvalue weighted by Crippen LogP contribution is 2.25. The standard InChI is InChI=1S/C35H41FO4/c1-3-5-7-9-10-12-26-38-32-20-14-28(15-21-32)29-16-24-34(25-17-29)40-35(37)30-18-22-33(23-19-30)39-27-31(36)13-11-8-6-4-2/h1,14-25,31H,4-13,26-27H2,2H3/t31-/m0/s1. The van der Waals surface area contributed by atoms with E-state index in [4.69, 9.17) is 20.6 Å². The Kier molecular flexibility index (Phi) is 13.6. The molecule has 3 rings (SSSR count). The molecule has 0 heterocycles. The van der Waals surface area contributed by atoms with Crippen molar-refractivity contribution in [2.24, 2.45) is 0 Å². The molecule has 0 aliphatic heterocycles. The van der Waals surface area contributed by atoms with Crippen LogP contribution in [0.4, 0.5) is 4.39 Å². The summed E-state index contributed by atoms with van der Waals surface area (Å²) in [5.74, 6) is 4.05. The van der Waals surface area contributed by atoms with E-state index in [9.17, 15) is 9.18 Å². The predicted molar refractivity (Wildman–Crippen MR) is 160 cm³/mol. The molecular formula is C35H41FO4. The van der Waals surface area contributed by atoms with Crippen molar-refractivity contribution in [3.8, 4) is 40.7 Å². The average molecular weight is 545 g/mol. The lowest BCUT2D eigenvalue weighted by atomic mass is 10.1. The first kappa shape index (κ1) is 30.8. The number of terminal acetylenes is 1. The number of unbranched alkanes of at least 4 members (excludes halogenated alkanes) is 7. The van der Waals surface area contributed by atoms with Gasteiger partial charge in [-0.15, -0.1) is 12.3 Å². The Bertz CT molecular complexity index is 1160. The second-order valence-electron chi connectivity index (χ2n) is 9.94. The summed E-state index contributed by atoms with van der Waals surface area (Å²) in [5, 5.41) is 0. The van der Waals surface area contributed by atoms with Gasteiger partial charge < -0.3 is 14.2 Å². The number of ether oxygens (including phenoxy) is 3. The van der Waals surface area contributed by atoms with Crippen molar-refractivity contribution < 1.29 is 23.4 Å². The Hall–Kier alpha value is -3.78. The molecule has 5 heteroatoms. The Labute approximate surface area is 238 Å². The van der Waals surface area contributed by atoms with Crippen LogP contribution in [-0.4, -0.2) is 25.4 Å². The van der Waals surface area contributed by atoms with Crippen molar-refractivity contribution in [1.29, 1.82) is 0 Å². The molecule has 0 aliphatic rings. The number of esters is 1. The largest absolute Gasteiger partial charge is 0.494 e. The first-order valence-corrected chi connectivity index (χ1v) is 14.4. The van der Waals surface area contributed by atoms with Gasteiger partial charge in [0.2, 0.25) is 0 Å². The molecule has 0 bridgehead atoms. The van der Waals surface area contributed by atoms with Gasteiger partial charge in [-0.1, -0.05) is 69.7 Å². The fraction of sp³-hybridized carbons (Fsp3) is 0.400. The van der Waals surface area contributed by atoms with Gasteiger partial charge in [0.15, 0.2) is 0 Å². The third-order valence-electron chi connectivity index (χ3n) is 6.63. The van der Waals surface area contributed by atoms with Crippen LogP contribution >= 0.6 is 0 Å². The van der Waals surface area contributed by atoms with Crippen LogP contribution in [0.5, 0.6) is 17.2 Å². The minimum Gasteiger partial charge on any atom is -0.494 e. The van der Waals surface area contributed by atoms with Crippen LogP contribution in [0.15, 0.2) is 72.8 Å². The van der Waals surface area contributed by atoms with Crippen molar-refractivity contribution in [3.05, 3.63) is 78.4 Å². The summed E-state index contributed by atoms with van der Waals surface area (Å²) in [6.07, 6.45) is 14.2. The summed E-state index contributed by atoms with van der Waals surface area (Å²) in [6.45, 7) is 2.85. The van der Waals surface area contributed by atoms with Crippen molar-refractivity contribution in [2.45, 2.75) is 77.3 Å². The van der Waals surface area contributed by atoms with E-state index in [0.717, 1.165) is 74.7 Å². The SMILES string of the molecule is C#CCCCCCCOc1ccc(-c2ccc(OC(=O)c3ccc(OC[C@@H](F)CCCCCC)cc3)cc2)cc1. The molecule has 0 aromatic heterocycles. The first-order valence-electron chi connectivity index (χ1n) is 14.4. The van der Waals surface area contributed by atoms with Crippen molar-refractivity contribution in [3.63, 3.8) is 0 Å². The van der Waals surface area contributed by atoms with Gasteiger partial charge >= 0.3 is 5.97 Å². The normalized spacial score (nSPS) is 11.4. The Morgan fingerprint density at radius 2 is 1.32 bits per heavy atom. The maximum Gasteiger partial charge on any atom is 0.343 e. The number of alkyl halides is 1. The lowest BCUT2D eigenvalue weighted by Crippen LogP contribution is -2.13. The lowest BCUT2D eigenvalue weighted by molar-refractivity contribution is 0.0734. The second kappa shape index (κ2) is 17.7. The zero-order valence-electron chi connectivity index (χ0n) is 23.6. The fourth-order valence-corrected chi connectivity index (χ4v) is 4.25. The number of benzene rings is 3. The fourth-order valence-electron chi connectivity index (χ4n) is 4.25. The Morgan fingerprint density at radius 3 is 1.98 bits per heavy atom. The molecule has 0 spiro atoms. The third kappa shape index (κ3) is 11.1. The highest BCUT2D eigenvalue weighted by Gasteiger charge is 2.11. The summed E-state index contributed by atoms with van der Waals surface area (Å²) in [6, 6.07) is 21.9. The number of hydrogen-bond donors (Lipinski definition) is 0. The van der Waals surface area contributed by atoms with Crippen LogP contribution in [-0.2, 0) is 0 Å². The molecule has 3 aromatic carbocycles. The minimum atomic E-state index is -0.985. The zero-order valence-corrected chi connectivity index (χ0v) is 23.6. The molecule has 0 N–H and O–H groups in total. The smallest absolute Gasteiger partial charge is 0.343 e. The Balaban J connectivity index is 1.41. The first-order chi connectivity index (χ1) is 19.6. The van der Waals surface area contributed by atoms with E-state index in [1.165, 1.54) is 0 Å². The van der Waals surface area contributed by atoms with Gasteiger partial charge in [0.1, 0.15) is 30.0 Å². The Morgan fingerprint density at radius 1 is 0.750 bits per heavy atom. The van der Waals surface area contributed by atoms with Crippen LogP contribution in [0, 0.1) is 12.3 Å². The zero-order chi connectivity index (χ0) is 28.4. The number of carbonyl (C=O) groups is 1. The molecule has 0 radical (unpaired) electrons. The van der Waals surface area contributed by atoms with Gasteiger partial charge in [0.25, 0.3) is 0 Å². The minimum absolute atomic E-state index is 0.0201. The monoisotopic (exact) mass is 544 g/mol. The van der Waals surface area contributed by atoms with Gasteiger partial charge in [0.05, 0.1) is 12.2 Å². The molecule has 1 atom stereocenters. The maximum atomic E-state index is 14.0. The quantitative estimate of drug-likeness (QED) is 0.0693. The van der Waals surface area contributed by atoms with Crippen LogP contribution in [0.25, 0.3) is 11.1 Å². The summed E-state index contributed by atoms with van der Waals surface area (Å²) in [4.78, 5) is 12.6. The number of hydrogen-bond acceptors (Lipinski definition) is 4. The van der Waals surface area contributed by atoms with Crippen molar-refractivity contribution >= 4 is 5.97 Å². The van der Waals surface area contributed by atoms with Crippen LogP contribution in [0.1, 0.15) is 81.5 Å². The third-order valence-corrected chi connectivity index (χ3v) is 6.63. The van der Waals surface area contributed by atoms with Crippen molar-refractivity contribution in [2.75, 3.05) is 13.2 Å². The summed E-state index contributed by atoms with van der Waals surface area (Å²) in [5.41, 5.74) is 2.46. The summed E-state index contributed by atoms with van der Waals surface area (Å²) >= 11 is 0. The molecule has 4 nitrogen and oxygen atoms in total. The van der Waals surface area contributed by atoms with E-state index in [1.54, 1.807) is 36.4 Å². The summed E-state index contributed by atoms with van der Waals surface area (Å²) < 4.78 is 30.9. The van der Waals surface area contributed by atoms with Gasteiger partial charge in [0, 0.05) is 6.42 Å². The van der Waals surface area contributed by atoms with Gasteiger partial charge in [-0.25, -0.2) is 9.18 Å². The number of halogens is 1. The molecular weight excluding hydrogens is 503 g/mol. The topological polar surface area (TPSA) is 44.8 Å². The van der Waals surface area contributed by atoms with Crippen LogP contribution < -0.4 is 14.2 Å². The molecule has 0 amide bonds. The van der Waals surface area contributed by atoms with Gasteiger partial charge in [-0.2, -0.15) is 0 Å². The second-order valence-corrected chi connectivity index (χ2v) is 9.94. The summed E-state index contributed by atoms with van der Waals surface area (Å²) in [7, 11) is 0. The van der Waals surface area contributed by atoms with E-state index >= 15 is 0 Å². The van der Waals surface area contributed by atoms with E-state index < -0.39 is 12.1 Å². The average Bonchev–Trinajstić information content (AvgIpc) is 2.99. The highest BCUT2D eigenvalue weighted by atomic mass is 19.1. The molecule has 212 valence electrons. The molecule has 0 fully saturated rings. The lowest BCUT2D eigenvalue weighted by Gasteiger charge is -2.11. The van der Waals surface area contributed by atoms with Gasteiger partial charge in [-0.05, 0) is 78.9 Å². The van der Waals surface area contributed by atoms with Crippen molar-refractivity contribution in [1.82, 2.24) is 0 Å². The molecule has 40 heavy (non-hydrogen) atoms. The van der Waals surface area contributed by atoms with Crippen LogP contribution in [0.2, 0.25) is 0 Å².